The largest absolute Gasteiger partial charge is 0.311 e. The molecule has 0 bridgehead atoms. The molecule has 7 nitrogen and oxygen atoms in total. The molecule has 0 spiro atoms. The SMILES string of the molecule is CCNCc1n[nH]c(C)c1S(=O)(=O)Nc1ccnc(C)c1. The molecular weight excluding hydrogens is 290 g/mol. The maximum Gasteiger partial charge on any atom is 0.265 e. The molecule has 3 N–H and O–H groups in total. The van der Waals surface area contributed by atoms with Gasteiger partial charge in [-0.25, -0.2) is 8.42 Å². The molecule has 114 valence electrons. The van der Waals surface area contributed by atoms with Crippen LogP contribution < -0.4 is 10.0 Å². The summed E-state index contributed by atoms with van der Waals surface area (Å²) in [6.07, 6.45) is 1.56. The van der Waals surface area contributed by atoms with Gasteiger partial charge in [-0.3, -0.25) is 14.8 Å². The summed E-state index contributed by atoms with van der Waals surface area (Å²) in [5.74, 6) is 0. The molecule has 0 aliphatic rings. The third-order valence-electron chi connectivity index (χ3n) is 2.92. The number of hydrogen-bond donors (Lipinski definition) is 3. The lowest BCUT2D eigenvalue weighted by molar-refractivity contribution is 0.597. The predicted molar refractivity (Wildman–Crippen MR) is 80.5 cm³/mol. The first kappa shape index (κ1) is 15.5. The number of rotatable bonds is 6. The van der Waals surface area contributed by atoms with Gasteiger partial charge in [0.1, 0.15) is 4.90 Å². The lowest BCUT2D eigenvalue weighted by Gasteiger charge is -2.09. The summed E-state index contributed by atoms with van der Waals surface area (Å²) < 4.78 is 27.7. The monoisotopic (exact) mass is 309 g/mol. The van der Waals surface area contributed by atoms with Crippen LogP contribution in [0.2, 0.25) is 0 Å². The van der Waals surface area contributed by atoms with E-state index in [1.807, 2.05) is 6.92 Å². The van der Waals surface area contributed by atoms with Crippen LogP contribution >= 0.6 is 0 Å². The Hall–Kier alpha value is -1.93. The first-order valence-corrected chi connectivity index (χ1v) is 8.12. The van der Waals surface area contributed by atoms with Crippen molar-refractivity contribution in [2.24, 2.45) is 0 Å². The van der Waals surface area contributed by atoms with Crippen LogP contribution in [0.25, 0.3) is 0 Å². The number of pyridine rings is 1. The highest BCUT2D eigenvalue weighted by molar-refractivity contribution is 7.92. The zero-order valence-electron chi connectivity index (χ0n) is 12.3. The Balaban J connectivity index is 2.33. The van der Waals surface area contributed by atoms with Gasteiger partial charge < -0.3 is 5.32 Å². The fraction of sp³-hybridized carbons (Fsp3) is 0.385. The van der Waals surface area contributed by atoms with Crippen molar-refractivity contribution in [1.29, 1.82) is 0 Å². The Kier molecular flexibility index (Phi) is 4.59. The van der Waals surface area contributed by atoms with Crippen molar-refractivity contribution >= 4 is 15.7 Å². The molecule has 0 fully saturated rings. The van der Waals surface area contributed by atoms with Crippen LogP contribution in [0.3, 0.4) is 0 Å². The number of aromatic nitrogens is 3. The molecule has 0 atom stereocenters. The van der Waals surface area contributed by atoms with Crippen molar-refractivity contribution in [2.75, 3.05) is 11.3 Å². The standard InChI is InChI=1S/C13H19N5O2S/c1-4-14-8-12-13(10(3)16-17-12)21(19,20)18-11-5-6-15-9(2)7-11/h5-7,14H,4,8H2,1-3H3,(H,15,18)(H,16,17). The molecule has 2 rings (SSSR count). The van der Waals surface area contributed by atoms with Crippen LogP contribution in [-0.4, -0.2) is 30.1 Å². The molecule has 0 radical (unpaired) electrons. The zero-order valence-corrected chi connectivity index (χ0v) is 13.1. The van der Waals surface area contributed by atoms with E-state index in [1.165, 1.54) is 0 Å². The normalized spacial score (nSPS) is 11.6. The van der Waals surface area contributed by atoms with E-state index in [9.17, 15) is 8.42 Å². The number of nitrogens with zero attached hydrogens (tertiary/aromatic N) is 2. The van der Waals surface area contributed by atoms with Crippen molar-refractivity contribution in [3.63, 3.8) is 0 Å². The highest BCUT2D eigenvalue weighted by Crippen LogP contribution is 2.21. The molecule has 2 heterocycles. The molecule has 8 heteroatoms. The summed E-state index contributed by atoms with van der Waals surface area (Å²) in [5.41, 5.74) is 2.22. The second-order valence-electron chi connectivity index (χ2n) is 4.70. The molecule has 0 aliphatic heterocycles. The second-order valence-corrected chi connectivity index (χ2v) is 6.32. The molecule has 2 aromatic rings. The highest BCUT2D eigenvalue weighted by Gasteiger charge is 2.24. The Bertz CT molecular complexity index is 724. The Morgan fingerprint density at radius 1 is 1.33 bits per heavy atom. The fourth-order valence-electron chi connectivity index (χ4n) is 2.00. The Labute approximate surface area is 124 Å². The van der Waals surface area contributed by atoms with Crippen molar-refractivity contribution in [1.82, 2.24) is 20.5 Å². The summed E-state index contributed by atoms with van der Waals surface area (Å²) in [4.78, 5) is 4.24. The van der Waals surface area contributed by atoms with Gasteiger partial charge in [0.25, 0.3) is 10.0 Å². The van der Waals surface area contributed by atoms with Gasteiger partial charge in [-0.15, -0.1) is 0 Å². The number of aryl methyl sites for hydroxylation is 2. The first-order valence-electron chi connectivity index (χ1n) is 6.64. The van der Waals surface area contributed by atoms with Crippen LogP contribution in [0.5, 0.6) is 0 Å². The van der Waals surface area contributed by atoms with Crippen molar-refractivity contribution in [2.45, 2.75) is 32.2 Å². The molecule has 0 saturated heterocycles. The number of sulfonamides is 1. The third-order valence-corrected chi connectivity index (χ3v) is 4.51. The number of aromatic amines is 1. The van der Waals surface area contributed by atoms with Gasteiger partial charge in [-0.05, 0) is 32.5 Å². The first-order chi connectivity index (χ1) is 9.94. The van der Waals surface area contributed by atoms with Crippen LogP contribution in [-0.2, 0) is 16.6 Å². The van der Waals surface area contributed by atoms with E-state index in [2.05, 4.69) is 25.2 Å². The van der Waals surface area contributed by atoms with Crippen molar-refractivity contribution < 1.29 is 8.42 Å². The summed E-state index contributed by atoms with van der Waals surface area (Å²) in [6.45, 7) is 6.58. The number of nitrogens with one attached hydrogen (secondary N) is 3. The Morgan fingerprint density at radius 3 is 2.76 bits per heavy atom. The fourth-order valence-corrected chi connectivity index (χ4v) is 3.42. The van der Waals surface area contributed by atoms with E-state index in [-0.39, 0.29) is 4.90 Å². The lowest BCUT2D eigenvalue weighted by atomic mass is 10.3. The van der Waals surface area contributed by atoms with E-state index in [0.29, 0.717) is 23.6 Å². The molecule has 0 amide bonds. The van der Waals surface area contributed by atoms with Gasteiger partial charge >= 0.3 is 0 Å². The Morgan fingerprint density at radius 2 is 2.10 bits per heavy atom. The molecular formula is C13H19N5O2S. The van der Waals surface area contributed by atoms with Gasteiger partial charge in [0, 0.05) is 18.4 Å². The van der Waals surface area contributed by atoms with Gasteiger partial charge in [0.15, 0.2) is 0 Å². The summed E-state index contributed by atoms with van der Waals surface area (Å²) in [7, 11) is -3.69. The maximum absolute atomic E-state index is 12.6. The van der Waals surface area contributed by atoms with E-state index >= 15 is 0 Å². The van der Waals surface area contributed by atoms with Crippen molar-refractivity contribution in [3.05, 3.63) is 35.4 Å². The van der Waals surface area contributed by atoms with Gasteiger partial charge in [-0.2, -0.15) is 5.10 Å². The van der Waals surface area contributed by atoms with E-state index in [0.717, 1.165) is 12.2 Å². The summed E-state index contributed by atoms with van der Waals surface area (Å²) in [5, 5.41) is 9.87. The minimum atomic E-state index is -3.69. The summed E-state index contributed by atoms with van der Waals surface area (Å²) >= 11 is 0. The number of anilines is 1. The maximum atomic E-state index is 12.6. The highest BCUT2D eigenvalue weighted by atomic mass is 32.2. The van der Waals surface area contributed by atoms with E-state index < -0.39 is 10.0 Å². The summed E-state index contributed by atoms with van der Waals surface area (Å²) in [6, 6.07) is 3.29. The lowest BCUT2D eigenvalue weighted by Crippen LogP contribution is -2.19. The minimum absolute atomic E-state index is 0.193. The van der Waals surface area contributed by atoms with Gasteiger partial charge in [0.2, 0.25) is 0 Å². The topological polar surface area (TPSA) is 99.8 Å². The van der Waals surface area contributed by atoms with Crippen LogP contribution in [0.4, 0.5) is 5.69 Å². The zero-order chi connectivity index (χ0) is 15.5. The van der Waals surface area contributed by atoms with Crippen molar-refractivity contribution in [3.8, 4) is 0 Å². The smallest absolute Gasteiger partial charge is 0.265 e. The van der Waals surface area contributed by atoms with E-state index in [4.69, 9.17) is 0 Å². The number of hydrogen-bond acceptors (Lipinski definition) is 5. The third kappa shape index (κ3) is 3.59. The molecule has 0 saturated carbocycles. The van der Waals surface area contributed by atoms with Crippen LogP contribution in [0.1, 0.15) is 24.0 Å². The molecule has 0 aliphatic carbocycles. The van der Waals surface area contributed by atoms with Crippen LogP contribution in [0, 0.1) is 13.8 Å². The molecule has 21 heavy (non-hydrogen) atoms. The second kappa shape index (κ2) is 6.23. The predicted octanol–water partition coefficient (Wildman–Crippen LogP) is 1.33. The minimum Gasteiger partial charge on any atom is -0.311 e. The molecule has 0 unspecified atom stereocenters. The van der Waals surface area contributed by atoms with Crippen LogP contribution in [0.15, 0.2) is 23.2 Å². The quantitative estimate of drug-likeness (QED) is 0.747. The van der Waals surface area contributed by atoms with Gasteiger partial charge in [-0.1, -0.05) is 6.92 Å². The van der Waals surface area contributed by atoms with E-state index in [1.54, 1.807) is 32.2 Å². The molecule has 2 aromatic heterocycles. The number of H-pyrrole nitrogens is 1. The average Bonchev–Trinajstić information content (AvgIpc) is 2.77. The molecule has 0 aromatic carbocycles. The average molecular weight is 309 g/mol. The van der Waals surface area contributed by atoms with Gasteiger partial charge in [0.05, 0.1) is 17.1 Å².